The summed E-state index contributed by atoms with van der Waals surface area (Å²) in [4.78, 5) is 0. The third-order valence-electron chi connectivity index (χ3n) is 1.78. The van der Waals surface area contributed by atoms with Gasteiger partial charge in [-0.3, -0.25) is 0 Å². The van der Waals surface area contributed by atoms with Gasteiger partial charge in [-0.15, -0.1) is 0 Å². The fourth-order valence-corrected chi connectivity index (χ4v) is 0.471. The van der Waals surface area contributed by atoms with Crippen LogP contribution in [0.1, 0.15) is 82.6 Å². The highest BCUT2D eigenvalue weighted by atomic mass is 14.1. The molecule has 0 N–H and O–H groups in total. The van der Waals surface area contributed by atoms with Gasteiger partial charge in [0.15, 0.2) is 0 Å². The smallest absolute Gasteiger partial charge is 0.0422 e. The summed E-state index contributed by atoms with van der Waals surface area (Å²) in [5.41, 5.74) is 0. The van der Waals surface area contributed by atoms with E-state index in [2.05, 4.69) is 48.5 Å². The van der Waals surface area contributed by atoms with Crippen molar-refractivity contribution in [1.29, 1.82) is 0 Å². The van der Waals surface area contributed by atoms with Crippen molar-refractivity contribution >= 4 is 0 Å². The maximum atomic E-state index is 2.30. The highest BCUT2D eigenvalue weighted by molar-refractivity contribution is 4.52. The van der Waals surface area contributed by atoms with Crippen molar-refractivity contribution in [2.24, 2.45) is 17.8 Å². The zero-order valence-electron chi connectivity index (χ0n) is 13.4. The third-order valence-corrected chi connectivity index (χ3v) is 1.78. The molecule has 0 heterocycles. The molecule has 0 fully saturated rings. The van der Waals surface area contributed by atoms with Gasteiger partial charge in [0, 0.05) is 0 Å². The molecule has 15 heavy (non-hydrogen) atoms. The number of hydrogen-bond donors (Lipinski definition) is 0. The summed E-state index contributed by atoms with van der Waals surface area (Å²) >= 11 is 0. The average molecular weight is 218 g/mol. The van der Waals surface area contributed by atoms with E-state index < -0.39 is 0 Å². The van der Waals surface area contributed by atoms with Gasteiger partial charge in [-0.1, -0.05) is 82.6 Å². The fraction of sp³-hybridized carbons (Fsp3) is 1.00. The van der Waals surface area contributed by atoms with Crippen LogP contribution < -0.4 is 0 Å². The van der Waals surface area contributed by atoms with E-state index in [4.69, 9.17) is 0 Å². The van der Waals surface area contributed by atoms with E-state index in [-0.39, 0.29) is 0 Å². The molecule has 0 aliphatic carbocycles. The van der Waals surface area contributed by atoms with Crippen LogP contribution in [0.4, 0.5) is 0 Å². The molecule has 1 unspecified atom stereocenters. The SMILES string of the molecule is CC.CC.CC(C)C.CCC(C)C(C)C. The van der Waals surface area contributed by atoms with E-state index in [9.17, 15) is 0 Å². The summed E-state index contributed by atoms with van der Waals surface area (Å²) in [6, 6.07) is 0. The summed E-state index contributed by atoms with van der Waals surface area (Å²) in [5, 5.41) is 0. The molecular formula is C15H38. The molecule has 0 rings (SSSR count). The normalized spacial score (nSPS) is 10.2. The van der Waals surface area contributed by atoms with E-state index in [1.807, 2.05) is 27.7 Å². The van der Waals surface area contributed by atoms with Gasteiger partial charge in [-0.2, -0.15) is 0 Å². The van der Waals surface area contributed by atoms with E-state index in [1.165, 1.54) is 6.42 Å². The summed E-state index contributed by atoms with van der Waals surface area (Å²) in [6.45, 7) is 23.6. The van der Waals surface area contributed by atoms with Gasteiger partial charge in [-0.05, 0) is 17.8 Å². The maximum Gasteiger partial charge on any atom is -0.0422 e. The van der Waals surface area contributed by atoms with E-state index in [1.54, 1.807) is 0 Å². The summed E-state index contributed by atoms with van der Waals surface area (Å²) < 4.78 is 0. The van der Waals surface area contributed by atoms with Gasteiger partial charge < -0.3 is 0 Å². The van der Waals surface area contributed by atoms with Gasteiger partial charge in [0.1, 0.15) is 0 Å². The van der Waals surface area contributed by atoms with Crippen molar-refractivity contribution in [3.05, 3.63) is 0 Å². The van der Waals surface area contributed by atoms with Gasteiger partial charge in [-0.25, -0.2) is 0 Å². The molecule has 0 aliphatic rings. The lowest BCUT2D eigenvalue weighted by molar-refractivity contribution is 0.407. The van der Waals surface area contributed by atoms with Crippen molar-refractivity contribution in [3.8, 4) is 0 Å². The molecule has 0 spiro atoms. The number of hydrogen-bond acceptors (Lipinski definition) is 0. The Labute approximate surface area is 101 Å². The number of rotatable bonds is 2. The predicted molar refractivity (Wildman–Crippen MR) is 77.5 cm³/mol. The Morgan fingerprint density at radius 1 is 0.667 bits per heavy atom. The summed E-state index contributed by atoms with van der Waals surface area (Å²) in [6.07, 6.45) is 1.32. The van der Waals surface area contributed by atoms with Crippen LogP contribution in [-0.4, -0.2) is 0 Å². The van der Waals surface area contributed by atoms with E-state index in [0.717, 1.165) is 17.8 Å². The third kappa shape index (κ3) is 56.0. The molecule has 0 heteroatoms. The van der Waals surface area contributed by atoms with Gasteiger partial charge in [0.05, 0.1) is 0 Å². The second-order valence-electron chi connectivity index (χ2n) is 4.36. The molecule has 0 aliphatic heterocycles. The zero-order valence-corrected chi connectivity index (χ0v) is 13.4. The summed E-state index contributed by atoms with van der Waals surface area (Å²) in [5.74, 6) is 2.60. The first kappa shape index (κ1) is 24.3. The Bertz CT molecular complexity index is 59.7. The molecule has 0 radical (unpaired) electrons. The van der Waals surface area contributed by atoms with Crippen LogP contribution in [-0.2, 0) is 0 Å². The molecule has 0 amide bonds. The Morgan fingerprint density at radius 3 is 0.867 bits per heavy atom. The highest BCUT2D eigenvalue weighted by Gasteiger charge is 2.01. The highest BCUT2D eigenvalue weighted by Crippen LogP contribution is 2.11. The van der Waals surface area contributed by atoms with E-state index in [0.29, 0.717) is 0 Å². The minimum Gasteiger partial charge on any atom is -0.0683 e. The Kier molecular flexibility index (Phi) is 38.3. The van der Waals surface area contributed by atoms with Crippen molar-refractivity contribution in [2.45, 2.75) is 82.6 Å². The molecule has 0 aromatic rings. The Balaban J connectivity index is -0.0000000647. The molecule has 0 nitrogen and oxygen atoms in total. The lowest BCUT2D eigenvalue weighted by Gasteiger charge is -2.10. The molecule has 0 saturated heterocycles. The predicted octanol–water partition coefficient (Wildman–Crippen LogP) is 6.40. The van der Waals surface area contributed by atoms with Crippen molar-refractivity contribution < 1.29 is 0 Å². The standard InChI is InChI=1S/C7H16.C4H10.2C2H6/c1-5-7(4)6(2)3;1-4(2)3;2*1-2/h6-7H,5H2,1-4H3;4H,1-3H3;2*1-2H3. The van der Waals surface area contributed by atoms with Crippen LogP contribution in [0.25, 0.3) is 0 Å². The van der Waals surface area contributed by atoms with Crippen LogP contribution in [0.5, 0.6) is 0 Å². The molecule has 0 aromatic carbocycles. The second kappa shape index (κ2) is 23.7. The van der Waals surface area contributed by atoms with Crippen molar-refractivity contribution in [2.75, 3.05) is 0 Å². The van der Waals surface area contributed by atoms with Gasteiger partial charge in [0.2, 0.25) is 0 Å². The van der Waals surface area contributed by atoms with Crippen LogP contribution in [0.15, 0.2) is 0 Å². The molecule has 1 atom stereocenters. The van der Waals surface area contributed by atoms with Crippen LogP contribution in [0, 0.1) is 17.8 Å². The zero-order chi connectivity index (χ0) is 13.4. The van der Waals surface area contributed by atoms with Crippen LogP contribution >= 0.6 is 0 Å². The minimum atomic E-state index is 0.833. The topological polar surface area (TPSA) is 0 Å². The largest absolute Gasteiger partial charge is 0.0683 e. The quantitative estimate of drug-likeness (QED) is 0.503. The molecule has 0 aromatic heterocycles. The molecule has 0 bridgehead atoms. The van der Waals surface area contributed by atoms with Crippen molar-refractivity contribution in [3.63, 3.8) is 0 Å². The fourth-order valence-electron chi connectivity index (χ4n) is 0.471. The van der Waals surface area contributed by atoms with E-state index >= 15 is 0 Å². The lowest BCUT2D eigenvalue weighted by Crippen LogP contribution is -2.00. The first-order valence-electron chi connectivity index (χ1n) is 6.91. The lowest BCUT2D eigenvalue weighted by atomic mass is 9.96. The van der Waals surface area contributed by atoms with Crippen molar-refractivity contribution in [1.82, 2.24) is 0 Å². The maximum absolute atomic E-state index is 2.30. The van der Waals surface area contributed by atoms with Crippen LogP contribution in [0.3, 0.4) is 0 Å². The molecule has 0 saturated carbocycles. The Morgan fingerprint density at radius 2 is 0.867 bits per heavy atom. The van der Waals surface area contributed by atoms with Gasteiger partial charge in [0.25, 0.3) is 0 Å². The monoisotopic (exact) mass is 218 g/mol. The first-order valence-corrected chi connectivity index (χ1v) is 6.91. The minimum absolute atomic E-state index is 0.833. The summed E-state index contributed by atoms with van der Waals surface area (Å²) in [7, 11) is 0. The Hall–Kier alpha value is 0. The second-order valence-corrected chi connectivity index (χ2v) is 4.36. The average Bonchev–Trinajstić information content (AvgIpc) is 2.21. The first-order chi connectivity index (χ1) is 6.91. The van der Waals surface area contributed by atoms with Crippen LogP contribution in [0.2, 0.25) is 0 Å². The molecular weight excluding hydrogens is 180 g/mol. The molecule has 98 valence electrons. The van der Waals surface area contributed by atoms with Gasteiger partial charge >= 0.3 is 0 Å².